The Balaban J connectivity index is 2.18. The van der Waals surface area contributed by atoms with Gasteiger partial charge in [-0.25, -0.2) is 0 Å². The molecule has 0 fully saturated rings. The van der Waals surface area contributed by atoms with Crippen molar-refractivity contribution < 1.29 is 4.74 Å². The number of hydrogen-bond acceptors (Lipinski definition) is 2. The Kier molecular flexibility index (Phi) is 2.83. The average Bonchev–Trinajstić information content (AvgIpc) is 2.26. The van der Waals surface area contributed by atoms with Crippen molar-refractivity contribution in [3.05, 3.63) is 35.4 Å². The van der Waals surface area contributed by atoms with Crippen LogP contribution in [0.1, 0.15) is 17.2 Å². The number of hydrogen-bond donors (Lipinski definition) is 1. The van der Waals surface area contributed by atoms with Crippen molar-refractivity contribution in [1.82, 2.24) is 5.32 Å². The largest absolute Gasteiger partial charge is 0.375 e. The van der Waals surface area contributed by atoms with Gasteiger partial charge in [0.2, 0.25) is 0 Å². The molecule has 0 radical (unpaired) electrons. The van der Waals surface area contributed by atoms with Gasteiger partial charge in [0.1, 0.15) is 0 Å². The number of rotatable bonds is 2. The summed E-state index contributed by atoms with van der Waals surface area (Å²) in [6.45, 7) is 2.01. The van der Waals surface area contributed by atoms with Crippen LogP contribution in [0.3, 0.4) is 0 Å². The quantitative estimate of drug-likeness (QED) is 0.708. The Morgan fingerprint density at radius 2 is 2.36 bits per heavy atom. The van der Waals surface area contributed by atoms with Gasteiger partial charge in [-0.2, -0.15) is 0 Å². The van der Waals surface area contributed by atoms with Crippen LogP contribution in [0.25, 0.3) is 0 Å². The van der Waals surface area contributed by atoms with Crippen molar-refractivity contribution >= 4 is 0 Å². The lowest BCUT2D eigenvalue weighted by atomic mass is 9.99. The molecule has 1 aromatic carbocycles. The molecule has 0 aliphatic carbocycles. The molecule has 0 amide bonds. The minimum atomic E-state index is 0.246. The molecular formula is C12H13NO. The fraction of sp³-hybridized carbons (Fsp3) is 0.333. The number of terminal acetylenes is 1. The van der Waals surface area contributed by atoms with Gasteiger partial charge in [-0.1, -0.05) is 30.2 Å². The van der Waals surface area contributed by atoms with E-state index in [1.54, 1.807) is 0 Å². The summed E-state index contributed by atoms with van der Waals surface area (Å²) < 4.78 is 5.47. The normalized spacial score (nSPS) is 19.8. The van der Waals surface area contributed by atoms with Crippen molar-refractivity contribution in [1.29, 1.82) is 0 Å². The van der Waals surface area contributed by atoms with Crippen molar-refractivity contribution in [2.24, 2.45) is 0 Å². The summed E-state index contributed by atoms with van der Waals surface area (Å²) >= 11 is 0. The van der Waals surface area contributed by atoms with Crippen LogP contribution in [0.2, 0.25) is 0 Å². The Morgan fingerprint density at radius 1 is 1.50 bits per heavy atom. The predicted octanol–water partition coefficient (Wildman–Crippen LogP) is 1.48. The zero-order valence-corrected chi connectivity index (χ0v) is 7.99. The van der Waals surface area contributed by atoms with E-state index in [4.69, 9.17) is 11.2 Å². The first-order valence-electron chi connectivity index (χ1n) is 4.74. The number of benzene rings is 1. The second-order valence-corrected chi connectivity index (χ2v) is 3.35. The third-order valence-corrected chi connectivity index (χ3v) is 2.42. The summed E-state index contributed by atoms with van der Waals surface area (Å²) in [4.78, 5) is 0. The van der Waals surface area contributed by atoms with Crippen LogP contribution in [0.4, 0.5) is 0 Å². The third-order valence-electron chi connectivity index (χ3n) is 2.42. The zero-order valence-electron chi connectivity index (χ0n) is 7.99. The molecule has 14 heavy (non-hydrogen) atoms. The first kappa shape index (κ1) is 9.26. The maximum absolute atomic E-state index is 5.47. The van der Waals surface area contributed by atoms with Gasteiger partial charge >= 0.3 is 0 Å². The molecule has 2 rings (SSSR count). The summed E-state index contributed by atoms with van der Waals surface area (Å²) in [6, 6.07) is 8.56. The fourth-order valence-corrected chi connectivity index (χ4v) is 1.73. The van der Waals surface area contributed by atoms with E-state index in [2.05, 4.69) is 29.4 Å². The van der Waals surface area contributed by atoms with E-state index in [9.17, 15) is 0 Å². The van der Waals surface area contributed by atoms with Crippen molar-refractivity contribution in [2.45, 2.75) is 12.6 Å². The second-order valence-electron chi connectivity index (χ2n) is 3.35. The smallest absolute Gasteiger partial charge is 0.0721 e. The molecule has 1 aromatic rings. The minimum absolute atomic E-state index is 0.246. The predicted molar refractivity (Wildman–Crippen MR) is 55.7 cm³/mol. The molecule has 1 N–H and O–H groups in total. The van der Waals surface area contributed by atoms with Gasteiger partial charge < -0.3 is 4.74 Å². The highest BCUT2D eigenvalue weighted by atomic mass is 16.5. The molecule has 0 aromatic heterocycles. The molecule has 0 spiro atoms. The van der Waals surface area contributed by atoms with E-state index in [0.717, 1.165) is 0 Å². The maximum atomic E-state index is 5.47. The Bertz CT molecular complexity index is 354. The molecule has 0 unspecified atom stereocenters. The van der Waals surface area contributed by atoms with E-state index < -0.39 is 0 Å². The fourth-order valence-electron chi connectivity index (χ4n) is 1.73. The van der Waals surface area contributed by atoms with E-state index in [0.29, 0.717) is 19.8 Å². The van der Waals surface area contributed by atoms with Crippen LogP contribution in [0.15, 0.2) is 24.3 Å². The molecule has 0 saturated heterocycles. The summed E-state index contributed by atoms with van der Waals surface area (Å²) in [5, 5.41) is 3.27. The molecule has 2 heteroatoms. The zero-order chi connectivity index (χ0) is 9.80. The molecule has 1 heterocycles. The summed E-state index contributed by atoms with van der Waals surface area (Å²) in [6.07, 6.45) is 5.21. The number of nitrogens with one attached hydrogen (secondary N) is 1. The van der Waals surface area contributed by atoms with E-state index in [1.165, 1.54) is 11.1 Å². The highest BCUT2D eigenvalue weighted by Crippen LogP contribution is 2.23. The van der Waals surface area contributed by atoms with Crippen LogP contribution in [0.5, 0.6) is 0 Å². The molecule has 0 saturated carbocycles. The molecule has 1 atom stereocenters. The van der Waals surface area contributed by atoms with Crippen molar-refractivity contribution in [2.75, 3.05) is 13.2 Å². The number of fused-ring (bicyclic) bond motifs is 1. The van der Waals surface area contributed by atoms with E-state index >= 15 is 0 Å². The van der Waals surface area contributed by atoms with Crippen LogP contribution in [0, 0.1) is 12.3 Å². The van der Waals surface area contributed by atoms with Crippen LogP contribution < -0.4 is 5.32 Å². The van der Waals surface area contributed by atoms with Gasteiger partial charge in [0, 0.05) is 0 Å². The summed E-state index contributed by atoms with van der Waals surface area (Å²) in [5.74, 6) is 2.58. The monoisotopic (exact) mass is 187 g/mol. The lowest BCUT2D eigenvalue weighted by Gasteiger charge is -2.25. The molecule has 1 aliphatic heterocycles. The van der Waals surface area contributed by atoms with Gasteiger partial charge in [0.25, 0.3) is 0 Å². The molecular weight excluding hydrogens is 174 g/mol. The standard InChI is InChI=1S/C12H13NO/c1-2-7-13-12-9-14-8-10-5-3-4-6-11(10)12/h1,3-6,12-13H,7-9H2/t12-/m1/s1. The van der Waals surface area contributed by atoms with Crippen LogP contribution >= 0.6 is 0 Å². The van der Waals surface area contributed by atoms with Crippen LogP contribution in [-0.4, -0.2) is 13.2 Å². The average molecular weight is 187 g/mol. The number of ether oxygens (including phenoxy) is 1. The Labute approximate surface area is 84.3 Å². The maximum Gasteiger partial charge on any atom is 0.0721 e. The molecule has 2 nitrogen and oxygen atoms in total. The second kappa shape index (κ2) is 4.28. The van der Waals surface area contributed by atoms with E-state index in [-0.39, 0.29) is 6.04 Å². The lowest BCUT2D eigenvalue weighted by molar-refractivity contribution is 0.0834. The van der Waals surface area contributed by atoms with Gasteiger partial charge in [0.15, 0.2) is 0 Å². The van der Waals surface area contributed by atoms with Gasteiger partial charge in [0.05, 0.1) is 25.8 Å². The first-order chi connectivity index (χ1) is 6.92. The topological polar surface area (TPSA) is 21.3 Å². The SMILES string of the molecule is C#CCN[C@@H]1COCc2ccccc21. The highest BCUT2D eigenvalue weighted by molar-refractivity contribution is 5.31. The van der Waals surface area contributed by atoms with E-state index in [1.807, 2.05) is 6.07 Å². The van der Waals surface area contributed by atoms with Crippen LogP contribution in [-0.2, 0) is 11.3 Å². The van der Waals surface area contributed by atoms with Crippen molar-refractivity contribution in [3.8, 4) is 12.3 Å². The summed E-state index contributed by atoms with van der Waals surface area (Å²) in [7, 11) is 0. The highest BCUT2D eigenvalue weighted by Gasteiger charge is 2.18. The first-order valence-corrected chi connectivity index (χ1v) is 4.74. The van der Waals surface area contributed by atoms with Gasteiger partial charge in [-0.15, -0.1) is 6.42 Å². The molecule has 1 aliphatic rings. The van der Waals surface area contributed by atoms with Crippen molar-refractivity contribution in [3.63, 3.8) is 0 Å². The minimum Gasteiger partial charge on any atom is -0.375 e. The molecule has 72 valence electrons. The summed E-state index contributed by atoms with van der Waals surface area (Å²) in [5.41, 5.74) is 2.57. The third kappa shape index (κ3) is 1.79. The van der Waals surface area contributed by atoms with Gasteiger partial charge in [-0.05, 0) is 11.1 Å². The lowest BCUT2D eigenvalue weighted by Crippen LogP contribution is -2.29. The Hall–Kier alpha value is -1.30. The Morgan fingerprint density at radius 3 is 3.21 bits per heavy atom. The van der Waals surface area contributed by atoms with Gasteiger partial charge in [-0.3, -0.25) is 5.32 Å². The molecule has 0 bridgehead atoms.